The molecule has 2 N–H and O–H groups in total. The summed E-state index contributed by atoms with van der Waals surface area (Å²) in [7, 11) is 1.64. The number of aromatic nitrogens is 2. The van der Waals surface area contributed by atoms with E-state index in [0.717, 1.165) is 16.7 Å². The zero-order valence-corrected chi connectivity index (χ0v) is 16.1. The third-order valence-electron chi connectivity index (χ3n) is 4.30. The van der Waals surface area contributed by atoms with E-state index in [-0.39, 0.29) is 5.91 Å². The highest BCUT2D eigenvalue weighted by Gasteiger charge is 2.13. The van der Waals surface area contributed by atoms with Crippen LogP contribution in [0.4, 0.5) is 5.82 Å². The van der Waals surface area contributed by atoms with Crippen LogP contribution < -0.4 is 10.6 Å². The van der Waals surface area contributed by atoms with Crippen molar-refractivity contribution >= 4 is 11.7 Å². The Balaban J connectivity index is 1.82. The number of hydrogen-bond acceptors (Lipinski definition) is 5. The molecular formula is C22H24N4O2. The van der Waals surface area contributed by atoms with Crippen molar-refractivity contribution in [2.75, 3.05) is 25.6 Å². The van der Waals surface area contributed by atoms with Crippen LogP contribution in [0.3, 0.4) is 0 Å². The number of ether oxygens (including phenoxy) is 1. The quantitative estimate of drug-likeness (QED) is 0.589. The Labute approximate surface area is 165 Å². The summed E-state index contributed by atoms with van der Waals surface area (Å²) in [5, 5.41) is 6.13. The molecule has 6 heteroatoms. The first kappa shape index (κ1) is 19.5. The maximum absolute atomic E-state index is 12.7. The van der Waals surface area contributed by atoms with Crippen LogP contribution in [0.5, 0.6) is 0 Å². The summed E-state index contributed by atoms with van der Waals surface area (Å²) in [5.41, 5.74) is 3.39. The van der Waals surface area contributed by atoms with Crippen LogP contribution >= 0.6 is 0 Å². The average molecular weight is 376 g/mol. The van der Waals surface area contributed by atoms with E-state index in [4.69, 9.17) is 4.74 Å². The van der Waals surface area contributed by atoms with Crippen molar-refractivity contribution in [3.63, 3.8) is 0 Å². The fourth-order valence-corrected chi connectivity index (χ4v) is 2.73. The molecule has 0 saturated heterocycles. The van der Waals surface area contributed by atoms with Crippen LogP contribution in [0.2, 0.25) is 0 Å². The average Bonchev–Trinajstić information content (AvgIpc) is 2.73. The van der Waals surface area contributed by atoms with Crippen LogP contribution in [-0.2, 0) is 11.3 Å². The van der Waals surface area contributed by atoms with Gasteiger partial charge in [0.05, 0.1) is 6.61 Å². The minimum atomic E-state index is -0.238. The summed E-state index contributed by atoms with van der Waals surface area (Å²) in [6, 6.07) is 19.2. The normalized spacial score (nSPS) is 10.5. The van der Waals surface area contributed by atoms with Crippen LogP contribution in [0.15, 0.2) is 60.7 Å². The Kier molecular flexibility index (Phi) is 6.70. The summed E-state index contributed by atoms with van der Waals surface area (Å²) in [6.45, 7) is 3.60. The highest BCUT2D eigenvalue weighted by Crippen LogP contribution is 2.18. The molecule has 28 heavy (non-hydrogen) atoms. The Bertz CT molecular complexity index is 929. The zero-order chi connectivity index (χ0) is 19.8. The maximum atomic E-state index is 12.7. The van der Waals surface area contributed by atoms with Gasteiger partial charge < -0.3 is 15.4 Å². The summed E-state index contributed by atoms with van der Waals surface area (Å²) in [6.07, 6.45) is 0. The summed E-state index contributed by atoms with van der Waals surface area (Å²) < 4.78 is 5.07. The molecule has 0 saturated carbocycles. The number of carbonyl (C=O) groups is 1. The van der Waals surface area contributed by atoms with Gasteiger partial charge >= 0.3 is 0 Å². The fourth-order valence-electron chi connectivity index (χ4n) is 2.73. The predicted molar refractivity (Wildman–Crippen MR) is 110 cm³/mol. The largest absolute Gasteiger partial charge is 0.383 e. The number of aryl methyl sites for hydroxylation is 1. The molecular weight excluding hydrogens is 352 g/mol. The van der Waals surface area contributed by atoms with Crippen molar-refractivity contribution in [3.05, 3.63) is 77.5 Å². The van der Waals surface area contributed by atoms with E-state index in [1.165, 1.54) is 0 Å². The number of nitrogens with zero attached hydrogens (tertiary/aromatic N) is 2. The minimum Gasteiger partial charge on any atom is -0.383 e. The molecule has 3 aromatic rings. The lowest BCUT2D eigenvalue weighted by Gasteiger charge is -2.11. The number of methoxy groups -OCH3 is 1. The van der Waals surface area contributed by atoms with Gasteiger partial charge in [0.1, 0.15) is 11.5 Å². The van der Waals surface area contributed by atoms with Crippen molar-refractivity contribution < 1.29 is 9.53 Å². The fraction of sp³-hybridized carbons (Fsp3) is 0.227. The van der Waals surface area contributed by atoms with Crippen molar-refractivity contribution in [2.45, 2.75) is 13.5 Å². The lowest BCUT2D eigenvalue weighted by Crippen LogP contribution is -2.25. The number of carbonyl (C=O) groups excluding carboxylic acids is 1. The van der Waals surface area contributed by atoms with Gasteiger partial charge in [0, 0.05) is 31.8 Å². The highest BCUT2D eigenvalue weighted by molar-refractivity contribution is 5.93. The van der Waals surface area contributed by atoms with E-state index in [0.29, 0.717) is 37.0 Å². The Morgan fingerprint density at radius 1 is 1.04 bits per heavy atom. The van der Waals surface area contributed by atoms with E-state index in [9.17, 15) is 4.79 Å². The molecule has 3 rings (SSSR count). The van der Waals surface area contributed by atoms with Crippen molar-refractivity contribution in [1.29, 1.82) is 0 Å². The van der Waals surface area contributed by atoms with Crippen LogP contribution in [0, 0.1) is 6.92 Å². The monoisotopic (exact) mass is 376 g/mol. The number of hydrogen-bond donors (Lipinski definition) is 2. The highest BCUT2D eigenvalue weighted by atomic mass is 16.5. The molecule has 0 radical (unpaired) electrons. The van der Waals surface area contributed by atoms with Crippen LogP contribution in [0.1, 0.15) is 21.6 Å². The number of nitrogens with one attached hydrogen (secondary N) is 2. The zero-order valence-electron chi connectivity index (χ0n) is 16.1. The van der Waals surface area contributed by atoms with Crippen molar-refractivity contribution in [1.82, 2.24) is 15.3 Å². The van der Waals surface area contributed by atoms with Gasteiger partial charge in [-0.05, 0) is 18.1 Å². The van der Waals surface area contributed by atoms with E-state index in [2.05, 4.69) is 20.6 Å². The van der Waals surface area contributed by atoms with E-state index < -0.39 is 0 Å². The molecule has 0 aliphatic carbocycles. The lowest BCUT2D eigenvalue weighted by molar-refractivity contribution is 0.0946. The van der Waals surface area contributed by atoms with Crippen molar-refractivity contribution in [3.8, 4) is 11.4 Å². The second kappa shape index (κ2) is 9.62. The van der Waals surface area contributed by atoms with Gasteiger partial charge in [-0.25, -0.2) is 9.97 Å². The molecule has 1 aromatic heterocycles. The van der Waals surface area contributed by atoms with E-state index in [1.807, 2.05) is 61.5 Å². The van der Waals surface area contributed by atoms with Crippen LogP contribution in [-0.4, -0.2) is 36.1 Å². The van der Waals surface area contributed by atoms with E-state index in [1.54, 1.807) is 13.2 Å². The number of rotatable bonds is 8. The second-order valence-electron chi connectivity index (χ2n) is 6.36. The van der Waals surface area contributed by atoms with Gasteiger partial charge in [0.15, 0.2) is 5.82 Å². The van der Waals surface area contributed by atoms with Gasteiger partial charge in [-0.1, -0.05) is 54.6 Å². The molecule has 6 nitrogen and oxygen atoms in total. The van der Waals surface area contributed by atoms with Crippen LogP contribution in [0.25, 0.3) is 11.4 Å². The number of anilines is 1. The molecule has 0 aliphatic rings. The van der Waals surface area contributed by atoms with Gasteiger partial charge in [0.2, 0.25) is 0 Å². The molecule has 0 bridgehead atoms. The predicted octanol–water partition coefficient (Wildman–Crippen LogP) is 3.44. The molecule has 2 aromatic carbocycles. The maximum Gasteiger partial charge on any atom is 0.270 e. The summed E-state index contributed by atoms with van der Waals surface area (Å²) in [4.78, 5) is 21.7. The number of amides is 1. The standard InChI is InChI=1S/C22H24N4O2/c1-16-8-6-7-11-18(16)15-24-22(27)19-14-20(23-12-13-28-2)26-21(25-19)17-9-4-3-5-10-17/h3-11,14H,12-13,15H2,1-2H3,(H,24,27)(H,23,25,26). The molecule has 0 spiro atoms. The Morgan fingerprint density at radius 3 is 2.54 bits per heavy atom. The molecule has 1 amide bonds. The lowest BCUT2D eigenvalue weighted by atomic mass is 10.1. The topological polar surface area (TPSA) is 76.1 Å². The Morgan fingerprint density at radius 2 is 1.79 bits per heavy atom. The second-order valence-corrected chi connectivity index (χ2v) is 6.36. The van der Waals surface area contributed by atoms with Gasteiger partial charge in [-0.3, -0.25) is 4.79 Å². The van der Waals surface area contributed by atoms with Gasteiger partial charge in [-0.15, -0.1) is 0 Å². The molecule has 1 heterocycles. The molecule has 0 fully saturated rings. The SMILES string of the molecule is COCCNc1cc(C(=O)NCc2ccccc2C)nc(-c2ccccc2)n1. The first-order valence-electron chi connectivity index (χ1n) is 9.17. The number of benzene rings is 2. The van der Waals surface area contributed by atoms with E-state index >= 15 is 0 Å². The smallest absolute Gasteiger partial charge is 0.270 e. The third kappa shape index (κ3) is 5.14. The Hall–Kier alpha value is -3.25. The summed E-state index contributed by atoms with van der Waals surface area (Å²) >= 11 is 0. The molecule has 144 valence electrons. The first-order chi connectivity index (χ1) is 13.7. The molecule has 0 aliphatic heterocycles. The molecule has 0 atom stereocenters. The van der Waals surface area contributed by atoms with Crippen molar-refractivity contribution in [2.24, 2.45) is 0 Å². The summed E-state index contributed by atoms with van der Waals surface area (Å²) in [5.74, 6) is 0.855. The van der Waals surface area contributed by atoms with Gasteiger partial charge in [0.25, 0.3) is 5.91 Å². The molecule has 0 unspecified atom stereocenters. The minimum absolute atomic E-state index is 0.238. The van der Waals surface area contributed by atoms with Gasteiger partial charge in [-0.2, -0.15) is 0 Å². The third-order valence-corrected chi connectivity index (χ3v) is 4.30. The first-order valence-corrected chi connectivity index (χ1v) is 9.17.